The molecule has 154 valence electrons. The third-order valence-electron chi connectivity index (χ3n) is 4.75. The van der Waals surface area contributed by atoms with E-state index in [1.165, 1.54) is 11.9 Å². The number of carbonyl (C=O) groups is 2. The second-order valence-corrected chi connectivity index (χ2v) is 6.48. The number of anilines is 1. The van der Waals surface area contributed by atoms with Gasteiger partial charge in [-0.05, 0) is 6.92 Å². The van der Waals surface area contributed by atoms with Crippen LogP contribution < -0.4 is 16.1 Å². The van der Waals surface area contributed by atoms with Crippen LogP contribution in [-0.2, 0) is 24.9 Å². The molecule has 2 aromatic heterocycles. The molecule has 12 heteroatoms. The van der Waals surface area contributed by atoms with Crippen molar-refractivity contribution in [1.29, 1.82) is 0 Å². The van der Waals surface area contributed by atoms with Crippen molar-refractivity contribution in [2.75, 3.05) is 31.1 Å². The summed E-state index contributed by atoms with van der Waals surface area (Å²) in [5.41, 5.74) is -1.34. The highest BCUT2D eigenvalue weighted by Gasteiger charge is 2.27. The van der Waals surface area contributed by atoms with E-state index in [1.54, 1.807) is 11.5 Å². The molecular formula is C17H20N6O6. The Kier molecular flexibility index (Phi) is 5.31. The van der Waals surface area contributed by atoms with Crippen LogP contribution in [0.1, 0.15) is 6.92 Å². The summed E-state index contributed by atoms with van der Waals surface area (Å²) < 4.78 is 3.32. The first-order valence-corrected chi connectivity index (χ1v) is 8.80. The van der Waals surface area contributed by atoms with Crippen LogP contribution in [0.2, 0.25) is 0 Å². The minimum Gasteiger partial charge on any atom is -0.480 e. The number of aliphatic carboxylic acids is 1. The van der Waals surface area contributed by atoms with Gasteiger partial charge in [0.05, 0.1) is 6.54 Å². The minimum absolute atomic E-state index is 0.0757. The summed E-state index contributed by atoms with van der Waals surface area (Å²) in [5.74, 6) is 4.67. The van der Waals surface area contributed by atoms with Gasteiger partial charge < -0.3 is 20.0 Å². The summed E-state index contributed by atoms with van der Waals surface area (Å²) >= 11 is 0. The summed E-state index contributed by atoms with van der Waals surface area (Å²) in [5, 5.41) is 18.2. The lowest BCUT2D eigenvalue weighted by molar-refractivity contribution is -0.137. The van der Waals surface area contributed by atoms with Crippen LogP contribution in [0.4, 0.5) is 10.7 Å². The molecule has 0 atom stereocenters. The number of imidazole rings is 1. The summed E-state index contributed by atoms with van der Waals surface area (Å²) in [6.45, 7) is 2.23. The van der Waals surface area contributed by atoms with Gasteiger partial charge in [-0.2, -0.15) is 4.98 Å². The monoisotopic (exact) mass is 404 g/mol. The number of fused-ring (bicyclic) bond motifs is 1. The van der Waals surface area contributed by atoms with Gasteiger partial charge in [-0.15, -0.1) is 5.92 Å². The Balaban J connectivity index is 2.19. The summed E-state index contributed by atoms with van der Waals surface area (Å²) in [6, 6.07) is 0. The quantitative estimate of drug-likeness (QED) is 0.605. The molecule has 0 radical (unpaired) electrons. The average Bonchev–Trinajstić information content (AvgIpc) is 3.07. The molecular weight excluding hydrogens is 384 g/mol. The van der Waals surface area contributed by atoms with Crippen LogP contribution in [0.25, 0.3) is 11.2 Å². The molecule has 29 heavy (non-hydrogen) atoms. The van der Waals surface area contributed by atoms with E-state index >= 15 is 0 Å². The number of nitrogens with zero attached hydrogens (tertiary/aromatic N) is 6. The van der Waals surface area contributed by atoms with Crippen LogP contribution >= 0.6 is 0 Å². The lowest BCUT2D eigenvalue weighted by Gasteiger charge is -2.33. The number of aromatic nitrogens is 4. The van der Waals surface area contributed by atoms with Crippen molar-refractivity contribution in [3.63, 3.8) is 0 Å². The molecule has 3 heterocycles. The molecule has 12 nitrogen and oxygen atoms in total. The number of carboxylic acids is 1. The van der Waals surface area contributed by atoms with E-state index in [9.17, 15) is 19.2 Å². The van der Waals surface area contributed by atoms with Crippen molar-refractivity contribution in [3.8, 4) is 11.8 Å². The Hall–Kier alpha value is -3.75. The van der Waals surface area contributed by atoms with Gasteiger partial charge in [0.2, 0.25) is 5.95 Å². The third kappa shape index (κ3) is 3.54. The van der Waals surface area contributed by atoms with Crippen molar-refractivity contribution >= 4 is 29.2 Å². The molecule has 0 spiro atoms. The molecule has 1 aliphatic rings. The summed E-state index contributed by atoms with van der Waals surface area (Å²) in [7, 11) is 1.41. The maximum atomic E-state index is 12.9. The largest absolute Gasteiger partial charge is 0.480 e. The predicted molar refractivity (Wildman–Crippen MR) is 102 cm³/mol. The van der Waals surface area contributed by atoms with Gasteiger partial charge in [0.15, 0.2) is 11.2 Å². The Morgan fingerprint density at radius 3 is 2.31 bits per heavy atom. The normalized spacial score (nSPS) is 14.0. The van der Waals surface area contributed by atoms with E-state index < -0.39 is 29.9 Å². The van der Waals surface area contributed by atoms with Crippen LogP contribution in [0.5, 0.6) is 0 Å². The minimum atomic E-state index is -1.31. The van der Waals surface area contributed by atoms with Gasteiger partial charge in [0.25, 0.3) is 5.56 Å². The van der Waals surface area contributed by atoms with Gasteiger partial charge in [-0.25, -0.2) is 14.2 Å². The molecule has 0 unspecified atom stereocenters. The number of carboxylic acid groups (broad SMARTS) is 2. The van der Waals surface area contributed by atoms with E-state index in [4.69, 9.17) is 10.2 Å². The van der Waals surface area contributed by atoms with E-state index in [2.05, 4.69) is 16.8 Å². The van der Waals surface area contributed by atoms with E-state index in [0.29, 0.717) is 23.6 Å². The van der Waals surface area contributed by atoms with Crippen molar-refractivity contribution < 1.29 is 19.8 Å². The zero-order valence-corrected chi connectivity index (χ0v) is 16.0. The molecule has 2 N–H and O–H groups in total. The Morgan fingerprint density at radius 2 is 1.76 bits per heavy atom. The van der Waals surface area contributed by atoms with Crippen molar-refractivity contribution in [2.24, 2.45) is 7.05 Å². The topological polar surface area (TPSA) is 143 Å². The number of aryl methyl sites for hydroxylation is 1. The van der Waals surface area contributed by atoms with Gasteiger partial charge in [-0.1, -0.05) is 5.92 Å². The summed E-state index contributed by atoms with van der Waals surface area (Å²) in [6.07, 6.45) is -1.01. The molecule has 2 aromatic rings. The maximum Gasteiger partial charge on any atom is 0.407 e. The molecule has 1 saturated heterocycles. The molecule has 1 fully saturated rings. The maximum absolute atomic E-state index is 12.9. The Labute approximate surface area is 164 Å². The van der Waals surface area contributed by atoms with Gasteiger partial charge in [-0.3, -0.25) is 18.7 Å². The molecule has 0 bridgehead atoms. The standard InChI is InChI=1S/C17H20N6O6/c1-3-4-5-22-12-13(19(2)16(27)23(14(12)26)10-11(24)25)18-15(22)20-6-8-21(9-7-20)17(28)29/h5-10H2,1-2H3,(H,24,25)(H,28,29). The smallest absolute Gasteiger partial charge is 0.407 e. The molecule has 0 aromatic carbocycles. The second-order valence-electron chi connectivity index (χ2n) is 6.48. The first kappa shape index (κ1) is 20.0. The number of piperazine rings is 1. The second kappa shape index (κ2) is 7.70. The summed E-state index contributed by atoms with van der Waals surface area (Å²) in [4.78, 5) is 55.2. The fourth-order valence-electron chi connectivity index (χ4n) is 3.28. The third-order valence-corrected chi connectivity index (χ3v) is 4.75. The molecule has 3 rings (SSSR count). The first-order chi connectivity index (χ1) is 13.8. The SMILES string of the molecule is CC#CCn1c(N2CCN(C(=O)O)CC2)nc2c1c(=O)n(CC(=O)O)c(=O)n2C. The van der Waals surface area contributed by atoms with E-state index in [0.717, 1.165) is 4.57 Å². The highest BCUT2D eigenvalue weighted by atomic mass is 16.4. The molecule has 0 aliphatic carbocycles. The lowest BCUT2D eigenvalue weighted by Crippen LogP contribution is -2.49. The van der Waals surface area contributed by atoms with E-state index in [-0.39, 0.29) is 30.8 Å². The number of hydrogen-bond donors (Lipinski definition) is 2. The van der Waals surface area contributed by atoms with Crippen LogP contribution in [0, 0.1) is 11.8 Å². The van der Waals surface area contributed by atoms with Crippen LogP contribution in [-0.4, -0.2) is 72.0 Å². The molecule has 1 amide bonds. The van der Waals surface area contributed by atoms with Gasteiger partial charge in [0, 0.05) is 33.2 Å². The predicted octanol–water partition coefficient (Wildman–Crippen LogP) is -1.20. The molecule has 0 saturated carbocycles. The number of hydrogen-bond acceptors (Lipinski definition) is 6. The fraction of sp³-hybridized carbons (Fsp3) is 0.471. The van der Waals surface area contributed by atoms with Crippen LogP contribution in [0.3, 0.4) is 0 Å². The number of amides is 1. The van der Waals surface area contributed by atoms with Gasteiger partial charge >= 0.3 is 17.8 Å². The fourth-order valence-corrected chi connectivity index (χ4v) is 3.28. The zero-order valence-electron chi connectivity index (χ0n) is 16.0. The Bertz CT molecular complexity index is 1160. The van der Waals surface area contributed by atoms with Crippen molar-refractivity contribution in [3.05, 3.63) is 20.8 Å². The number of rotatable bonds is 4. The van der Waals surface area contributed by atoms with Crippen molar-refractivity contribution in [2.45, 2.75) is 20.0 Å². The van der Waals surface area contributed by atoms with Crippen LogP contribution in [0.15, 0.2) is 9.59 Å². The highest BCUT2D eigenvalue weighted by Crippen LogP contribution is 2.21. The average molecular weight is 404 g/mol. The molecule has 1 aliphatic heterocycles. The van der Waals surface area contributed by atoms with Crippen molar-refractivity contribution in [1.82, 2.24) is 23.6 Å². The lowest BCUT2D eigenvalue weighted by atomic mass is 10.3. The van der Waals surface area contributed by atoms with Gasteiger partial charge in [0.1, 0.15) is 6.54 Å². The Morgan fingerprint density at radius 1 is 1.10 bits per heavy atom. The van der Waals surface area contributed by atoms with E-state index in [1.807, 2.05) is 4.90 Å². The zero-order chi connectivity index (χ0) is 21.3. The highest BCUT2D eigenvalue weighted by molar-refractivity contribution is 5.75. The first-order valence-electron chi connectivity index (χ1n) is 8.80.